The minimum atomic E-state index is -1.04. The molecule has 1 atom stereocenters. The zero-order chi connectivity index (χ0) is 18.8. The van der Waals surface area contributed by atoms with E-state index in [4.69, 9.17) is 21.1 Å². The van der Waals surface area contributed by atoms with Gasteiger partial charge in [0, 0.05) is 18.0 Å². The van der Waals surface area contributed by atoms with Gasteiger partial charge in [0.2, 0.25) is 0 Å². The Morgan fingerprint density at radius 1 is 1.40 bits per heavy atom. The Hall–Kier alpha value is -2.28. The van der Waals surface area contributed by atoms with Crippen LogP contribution >= 0.6 is 11.6 Å². The molecule has 0 bridgehead atoms. The van der Waals surface area contributed by atoms with Crippen LogP contribution in [0.3, 0.4) is 0 Å². The first-order valence-corrected chi connectivity index (χ1v) is 8.01. The van der Waals surface area contributed by atoms with Crippen LogP contribution in [0.1, 0.15) is 26.3 Å². The predicted octanol–water partition coefficient (Wildman–Crippen LogP) is 3.57. The first-order chi connectivity index (χ1) is 11.6. The molecule has 136 valence electrons. The molecule has 0 radical (unpaired) electrons. The molecule has 0 saturated carbocycles. The molecule has 0 spiro atoms. The number of hydrogen-bond donors (Lipinski definition) is 2. The van der Waals surface area contributed by atoms with Gasteiger partial charge < -0.3 is 19.8 Å². The number of nitrogens with one attached hydrogen (secondary N) is 2. The second kappa shape index (κ2) is 7.31. The van der Waals surface area contributed by atoms with E-state index in [-0.39, 0.29) is 11.4 Å². The number of H-pyrrole nitrogens is 1. The first kappa shape index (κ1) is 19.1. The quantitative estimate of drug-likeness (QED) is 0.806. The molecule has 1 aromatic heterocycles. The maximum Gasteiger partial charge on any atom is 0.408 e. The largest absolute Gasteiger partial charge is 0.467 e. The Kier molecular flexibility index (Phi) is 5.57. The van der Waals surface area contributed by atoms with Crippen LogP contribution in [0.15, 0.2) is 18.3 Å². The number of aromatic nitrogens is 1. The number of aromatic amines is 1. The Morgan fingerprint density at radius 2 is 2.08 bits per heavy atom. The average Bonchev–Trinajstić information content (AvgIpc) is 2.99. The van der Waals surface area contributed by atoms with Gasteiger partial charge in [0.05, 0.1) is 17.6 Å². The van der Waals surface area contributed by atoms with E-state index in [1.54, 1.807) is 33.0 Å². The fourth-order valence-electron chi connectivity index (χ4n) is 2.40. The molecule has 0 saturated heterocycles. The molecule has 0 aliphatic carbocycles. The van der Waals surface area contributed by atoms with Crippen LogP contribution in [-0.2, 0) is 20.7 Å². The third kappa shape index (κ3) is 4.63. The van der Waals surface area contributed by atoms with Crippen LogP contribution in [0.25, 0.3) is 10.9 Å². The SMILES string of the molecule is COC(=O)C(Cc1cc(F)c(Cl)c2cc[nH]c12)NC(=O)OC(C)(C)C. The lowest BCUT2D eigenvalue weighted by atomic mass is 10.0. The monoisotopic (exact) mass is 370 g/mol. The summed E-state index contributed by atoms with van der Waals surface area (Å²) in [6.07, 6.45) is 0.866. The summed E-state index contributed by atoms with van der Waals surface area (Å²) in [6, 6.07) is 1.83. The van der Waals surface area contributed by atoms with E-state index in [1.807, 2.05) is 0 Å². The highest BCUT2D eigenvalue weighted by atomic mass is 35.5. The Bertz CT molecular complexity index is 798. The van der Waals surface area contributed by atoms with Crippen molar-refractivity contribution in [2.24, 2.45) is 0 Å². The summed E-state index contributed by atoms with van der Waals surface area (Å²) >= 11 is 5.95. The van der Waals surface area contributed by atoms with Gasteiger partial charge in [0.25, 0.3) is 0 Å². The summed E-state index contributed by atoms with van der Waals surface area (Å²) in [6.45, 7) is 5.12. The molecule has 1 heterocycles. The van der Waals surface area contributed by atoms with E-state index >= 15 is 0 Å². The summed E-state index contributed by atoms with van der Waals surface area (Å²) in [5.41, 5.74) is 0.351. The Labute approximate surface area is 149 Å². The highest BCUT2D eigenvalue weighted by Crippen LogP contribution is 2.29. The van der Waals surface area contributed by atoms with Gasteiger partial charge in [-0.3, -0.25) is 0 Å². The molecule has 2 aromatic rings. The molecule has 2 rings (SSSR count). The number of halogens is 2. The number of ether oxygens (including phenoxy) is 2. The van der Waals surface area contributed by atoms with E-state index in [1.165, 1.54) is 13.2 Å². The molecular weight excluding hydrogens is 351 g/mol. The number of benzene rings is 1. The molecule has 0 aliphatic heterocycles. The fourth-order valence-corrected chi connectivity index (χ4v) is 2.61. The van der Waals surface area contributed by atoms with E-state index in [2.05, 4.69) is 10.3 Å². The molecule has 8 heteroatoms. The smallest absolute Gasteiger partial charge is 0.408 e. The number of methoxy groups -OCH3 is 1. The molecule has 0 aliphatic rings. The molecule has 1 unspecified atom stereocenters. The number of carbonyl (C=O) groups excluding carboxylic acids is 2. The molecule has 2 N–H and O–H groups in total. The zero-order valence-electron chi connectivity index (χ0n) is 14.4. The Morgan fingerprint density at radius 3 is 2.68 bits per heavy atom. The molecular formula is C17H20ClFN2O4. The summed E-state index contributed by atoms with van der Waals surface area (Å²) in [5.74, 6) is -1.27. The first-order valence-electron chi connectivity index (χ1n) is 7.63. The summed E-state index contributed by atoms with van der Waals surface area (Å²) in [7, 11) is 1.21. The fraction of sp³-hybridized carbons (Fsp3) is 0.412. The number of esters is 1. The van der Waals surface area contributed by atoms with E-state index in [9.17, 15) is 14.0 Å². The summed E-state index contributed by atoms with van der Waals surface area (Å²) in [4.78, 5) is 27.0. The van der Waals surface area contributed by atoms with E-state index in [0.717, 1.165) is 0 Å². The van der Waals surface area contributed by atoms with Gasteiger partial charge in [-0.05, 0) is 38.5 Å². The van der Waals surface area contributed by atoms with E-state index < -0.39 is 29.5 Å². The Balaban J connectivity index is 2.29. The van der Waals surface area contributed by atoms with Gasteiger partial charge in [-0.2, -0.15) is 0 Å². The lowest BCUT2D eigenvalue weighted by molar-refractivity contribution is -0.143. The van der Waals surface area contributed by atoms with Crippen molar-refractivity contribution in [2.45, 2.75) is 38.8 Å². The third-order valence-corrected chi connectivity index (χ3v) is 3.80. The molecule has 6 nitrogen and oxygen atoms in total. The molecule has 1 aromatic carbocycles. The van der Waals surface area contributed by atoms with Gasteiger partial charge in [0.1, 0.15) is 17.5 Å². The van der Waals surface area contributed by atoms with Crippen LogP contribution in [-0.4, -0.2) is 35.8 Å². The van der Waals surface area contributed by atoms with Crippen molar-refractivity contribution >= 4 is 34.6 Å². The average molecular weight is 371 g/mol. The van der Waals surface area contributed by atoms with Gasteiger partial charge >= 0.3 is 12.1 Å². The summed E-state index contributed by atoms with van der Waals surface area (Å²) < 4.78 is 23.9. The zero-order valence-corrected chi connectivity index (χ0v) is 15.2. The van der Waals surface area contributed by atoms with Crippen molar-refractivity contribution in [1.82, 2.24) is 10.3 Å². The van der Waals surface area contributed by atoms with Crippen LogP contribution in [0.2, 0.25) is 5.02 Å². The summed E-state index contributed by atoms with van der Waals surface area (Å²) in [5, 5.41) is 2.95. The van der Waals surface area contributed by atoms with Crippen molar-refractivity contribution in [2.75, 3.05) is 7.11 Å². The lowest BCUT2D eigenvalue weighted by Gasteiger charge is -2.22. The number of amides is 1. The molecule has 0 fully saturated rings. The molecule has 1 amide bonds. The topological polar surface area (TPSA) is 80.4 Å². The highest BCUT2D eigenvalue weighted by molar-refractivity contribution is 6.35. The van der Waals surface area contributed by atoms with Gasteiger partial charge in [0.15, 0.2) is 0 Å². The van der Waals surface area contributed by atoms with Crippen LogP contribution in [0, 0.1) is 5.82 Å². The number of hydrogen-bond acceptors (Lipinski definition) is 4. The lowest BCUT2D eigenvalue weighted by Crippen LogP contribution is -2.45. The van der Waals surface area contributed by atoms with Crippen molar-refractivity contribution in [1.29, 1.82) is 0 Å². The van der Waals surface area contributed by atoms with Gasteiger partial charge in [-0.25, -0.2) is 14.0 Å². The maximum absolute atomic E-state index is 14.0. The normalized spacial score (nSPS) is 12.7. The van der Waals surface area contributed by atoms with Crippen molar-refractivity contribution in [3.05, 3.63) is 34.7 Å². The maximum atomic E-state index is 14.0. The number of rotatable bonds is 4. The minimum Gasteiger partial charge on any atom is -0.467 e. The molecule has 25 heavy (non-hydrogen) atoms. The van der Waals surface area contributed by atoms with E-state index in [0.29, 0.717) is 16.5 Å². The second-order valence-electron chi connectivity index (χ2n) is 6.52. The minimum absolute atomic E-state index is 0.00489. The number of fused-ring (bicyclic) bond motifs is 1. The second-order valence-corrected chi connectivity index (χ2v) is 6.90. The van der Waals surface area contributed by atoms with Crippen LogP contribution in [0.5, 0.6) is 0 Å². The van der Waals surface area contributed by atoms with Gasteiger partial charge in [-0.15, -0.1) is 0 Å². The highest BCUT2D eigenvalue weighted by Gasteiger charge is 2.26. The van der Waals surface area contributed by atoms with Crippen LogP contribution < -0.4 is 5.32 Å². The van der Waals surface area contributed by atoms with Crippen molar-refractivity contribution in [3.8, 4) is 0 Å². The third-order valence-electron chi connectivity index (χ3n) is 3.42. The number of carbonyl (C=O) groups is 2. The standard InChI is InChI=1S/C17H20ClFN2O4/c1-17(2,3)25-16(23)21-12(15(22)24-4)8-9-7-11(19)13(18)10-5-6-20-14(9)10/h5-7,12,20H,8H2,1-4H3,(H,21,23). The predicted molar refractivity (Wildman–Crippen MR) is 92.1 cm³/mol. The van der Waals surface area contributed by atoms with Crippen molar-refractivity contribution in [3.63, 3.8) is 0 Å². The van der Waals surface area contributed by atoms with Crippen molar-refractivity contribution < 1.29 is 23.5 Å². The number of alkyl carbamates (subject to hydrolysis) is 1. The van der Waals surface area contributed by atoms with Crippen LogP contribution in [0.4, 0.5) is 9.18 Å². The van der Waals surface area contributed by atoms with Gasteiger partial charge in [-0.1, -0.05) is 11.6 Å².